The molecule has 24 heavy (non-hydrogen) atoms. The van der Waals surface area contributed by atoms with E-state index in [4.69, 9.17) is 4.74 Å². The number of methoxy groups -OCH3 is 1. The predicted molar refractivity (Wildman–Crippen MR) is 84.6 cm³/mol. The van der Waals surface area contributed by atoms with E-state index in [1.807, 2.05) is 0 Å². The van der Waals surface area contributed by atoms with Gasteiger partial charge in [0.25, 0.3) is 5.91 Å². The Morgan fingerprint density at radius 2 is 1.71 bits per heavy atom. The second-order valence-electron chi connectivity index (χ2n) is 5.35. The van der Waals surface area contributed by atoms with E-state index in [0.717, 1.165) is 0 Å². The van der Waals surface area contributed by atoms with E-state index >= 15 is 0 Å². The number of amides is 1. The van der Waals surface area contributed by atoms with Gasteiger partial charge in [0.05, 0.1) is 6.61 Å². The summed E-state index contributed by atoms with van der Waals surface area (Å²) in [7, 11) is 1.46. The largest absolute Gasteiger partial charge is 0.408 e. The number of benzene rings is 2. The number of alkyl halides is 3. The van der Waals surface area contributed by atoms with Gasteiger partial charge in [-0.3, -0.25) is 4.79 Å². The van der Waals surface area contributed by atoms with Gasteiger partial charge < -0.3 is 10.1 Å². The van der Waals surface area contributed by atoms with Crippen LogP contribution in [0.25, 0.3) is 0 Å². The third-order valence-corrected chi connectivity index (χ3v) is 3.54. The quantitative estimate of drug-likeness (QED) is 0.872. The fraction of sp³-hybridized carbons (Fsp3) is 0.278. The first-order valence-electron chi connectivity index (χ1n) is 7.40. The number of carbonyl (C=O) groups excluding carboxylic acids is 1. The summed E-state index contributed by atoms with van der Waals surface area (Å²) in [5.74, 6) is -0.763. The molecule has 0 bridgehead atoms. The fourth-order valence-corrected chi connectivity index (χ4v) is 2.36. The number of hydrogen-bond acceptors (Lipinski definition) is 2. The van der Waals surface area contributed by atoms with Gasteiger partial charge in [0.1, 0.15) is 6.04 Å². The second kappa shape index (κ2) is 7.97. The molecule has 2 rings (SSSR count). The standard InChI is InChI=1S/C18H18F3NO2/c1-24-12-14-9-5-6-10-15(14)17(23)22-16(18(19,20)21)11-13-7-3-2-4-8-13/h2-10,16H,11-12H2,1H3,(H,22,23)/t16-/m0/s1. The summed E-state index contributed by atoms with van der Waals surface area (Å²) >= 11 is 0. The van der Waals surface area contributed by atoms with Gasteiger partial charge in [-0.1, -0.05) is 48.5 Å². The highest BCUT2D eigenvalue weighted by atomic mass is 19.4. The van der Waals surface area contributed by atoms with Crippen LogP contribution in [0, 0.1) is 0 Å². The van der Waals surface area contributed by atoms with Crippen LogP contribution in [0.2, 0.25) is 0 Å². The highest BCUT2D eigenvalue weighted by Crippen LogP contribution is 2.24. The molecule has 6 heteroatoms. The molecule has 2 aromatic rings. The van der Waals surface area contributed by atoms with Crippen molar-refractivity contribution in [3.8, 4) is 0 Å². The highest BCUT2D eigenvalue weighted by molar-refractivity contribution is 5.95. The molecule has 1 atom stereocenters. The minimum Gasteiger partial charge on any atom is -0.380 e. The second-order valence-corrected chi connectivity index (χ2v) is 5.35. The molecule has 0 heterocycles. The van der Waals surface area contributed by atoms with Gasteiger partial charge in [0.2, 0.25) is 0 Å². The maximum atomic E-state index is 13.3. The first-order valence-corrected chi connectivity index (χ1v) is 7.40. The molecular formula is C18H18F3NO2. The summed E-state index contributed by atoms with van der Waals surface area (Å²) in [4.78, 5) is 12.3. The van der Waals surface area contributed by atoms with Crippen LogP contribution in [0.3, 0.4) is 0 Å². The first-order chi connectivity index (χ1) is 11.4. The molecule has 0 aliphatic rings. The summed E-state index contributed by atoms with van der Waals surface area (Å²) in [5, 5.41) is 2.10. The summed E-state index contributed by atoms with van der Waals surface area (Å²) in [6, 6.07) is 12.8. The lowest BCUT2D eigenvalue weighted by Crippen LogP contribution is -2.47. The SMILES string of the molecule is COCc1ccccc1C(=O)N[C@@H](Cc1ccccc1)C(F)(F)F. The zero-order chi connectivity index (χ0) is 17.6. The van der Waals surface area contributed by atoms with E-state index in [1.165, 1.54) is 13.2 Å². The summed E-state index contributed by atoms with van der Waals surface area (Å²) in [6.45, 7) is 0.152. The Morgan fingerprint density at radius 3 is 2.33 bits per heavy atom. The molecule has 128 valence electrons. The van der Waals surface area contributed by atoms with Gasteiger partial charge in [-0.05, 0) is 17.2 Å². The van der Waals surface area contributed by atoms with Crippen LogP contribution in [0.1, 0.15) is 21.5 Å². The molecule has 2 aromatic carbocycles. The number of hydrogen-bond donors (Lipinski definition) is 1. The van der Waals surface area contributed by atoms with Crippen LogP contribution in [0.5, 0.6) is 0 Å². The average molecular weight is 337 g/mol. The Hall–Kier alpha value is -2.34. The van der Waals surface area contributed by atoms with Crippen molar-refractivity contribution in [2.45, 2.75) is 25.2 Å². The van der Waals surface area contributed by atoms with Crippen molar-refractivity contribution >= 4 is 5.91 Å². The normalized spacial score (nSPS) is 12.7. The van der Waals surface area contributed by atoms with Gasteiger partial charge in [0, 0.05) is 19.1 Å². The Kier molecular flexibility index (Phi) is 5.98. The van der Waals surface area contributed by atoms with Gasteiger partial charge >= 0.3 is 6.18 Å². The molecule has 1 amide bonds. The molecule has 0 aliphatic carbocycles. The van der Waals surface area contributed by atoms with E-state index in [2.05, 4.69) is 5.32 Å². The van der Waals surface area contributed by atoms with Crippen LogP contribution < -0.4 is 5.32 Å². The van der Waals surface area contributed by atoms with Gasteiger partial charge in [-0.2, -0.15) is 13.2 Å². The molecule has 0 fully saturated rings. The molecule has 0 saturated carbocycles. The number of halogens is 3. The fourth-order valence-electron chi connectivity index (χ4n) is 2.36. The summed E-state index contributed by atoms with van der Waals surface area (Å²) in [6.07, 6.45) is -4.86. The predicted octanol–water partition coefficient (Wildman–Crippen LogP) is 3.74. The van der Waals surface area contributed by atoms with Crippen LogP contribution in [-0.4, -0.2) is 25.2 Å². The molecule has 3 nitrogen and oxygen atoms in total. The van der Waals surface area contributed by atoms with Crippen molar-refractivity contribution in [1.29, 1.82) is 0 Å². The zero-order valence-electron chi connectivity index (χ0n) is 13.1. The molecule has 0 radical (unpaired) electrons. The van der Waals surface area contributed by atoms with Crippen molar-refractivity contribution in [2.24, 2.45) is 0 Å². The van der Waals surface area contributed by atoms with E-state index in [1.54, 1.807) is 48.5 Å². The minimum atomic E-state index is -4.54. The van der Waals surface area contributed by atoms with Crippen molar-refractivity contribution in [1.82, 2.24) is 5.32 Å². The summed E-state index contributed by atoms with van der Waals surface area (Å²) in [5.41, 5.74) is 1.23. The smallest absolute Gasteiger partial charge is 0.380 e. The summed E-state index contributed by atoms with van der Waals surface area (Å²) < 4.78 is 44.9. The van der Waals surface area contributed by atoms with E-state index in [0.29, 0.717) is 11.1 Å². The monoisotopic (exact) mass is 337 g/mol. The number of nitrogens with one attached hydrogen (secondary N) is 1. The zero-order valence-corrected chi connectivity index (χ0v) is 13.1. The van der Waals surface area contributed by atoms with Gasteiger partial charge in [-0.25, -0.2) is 0 Å². The van der Waals surface area contributed by atoms with Crippen molar-refractivity contribution in [2.75, 3.05) is 7.11 Å². The Bertz CT molecular complexity index is 671. The van der Waals surface area contributed by atoms with Crippen molar-refractivity contribution in [3.63, 3.8) is 0 Å². The molecule has 1 N–H and O–H groups in total. The van der Waals surface area contributed by atoms with E-state index < -0.39 is 18.1 Å². The Morgan fingerprint density at radius 1 is 1.08 bits per heavy atom. The van der Waals surface area contributed by atoms with Gasteiger partial charge in [0.15, 0.2) is 0 Å². The maximum absolute atomic E-state index is 13.3. The lowest BCUT2D eigenvalue weighted by Gasteiger charge is -2.22. The van der Waals surface area contributed by atoms with E-state index in [9.17, 15) is 18.0 Å². The number of ether oxygens (including phenoxy) is 1. The van der Waals surface area contributed by atoms with Crippen LogP contribution in [0.15, 0.2) is 54.6 Å². The van der Waals surface area contributed by atoms with Crippen LogP contribution in [-0.2, 0) is 17.8 Å². The molecule has 0 unspecified atom stereocenters. The molecule has 0 saturated heterocycles. The highest BCUT2D eigenvalue weighted by Gasteiger charge is 2.40. The lowest BCUT2D eigenvalue weighted by molar-refractivity contribution is -0.153. The first kappa shape index (κ1) is 18.0. The van der Waals surface area contributed by atoms with Crippen molar-refractivity contribution in [3.05, 3.63) is 71.3 Å². The average Bonchev–Trinajstić information content (AvgIpc) is 2.55. The molecular weight excluding hydrogens is 319 g/mol. The number of carbonyl (C=O) groups is 1. The van der Waals surface area contributed by atoms with E-state index in [-0.39, 0.29) is 18.6 Å². The van der Waals surface area contributed by atoms with Crippen LogP contribution in [0.4, 0.5) is 13.2 Å². The minimum absolute atomic E-state index is 0.152. The van der Waals surface area contributed by atoms with Gasteiger partial charge in [-0.15, -0.1) is 0 Å². The molecule has 0 spiro atoms. The third-order valence-electron chi connectivity index (χ3n) is 3.54. The topological polar surface area (TPSA) is 38.3 Å². The maximum Gasteiger partial charge on any atom is 0.408 e. The van der Waals surface area contributed by atoms with Crippen molar-refractivity contribution < 1.29 is 22.7 Å². The molecule has 0 aliphatic heterocycles. The third kappa shape index (κ3) is 4.83. The Labute approximate surface area is 138 Å². The molecule has 0 aromatic heterocycles. The lowest BCUT2D eigenvalue weighted by atomic mass is 10.0. The van der Waals surface area contributed by atoms with Crippen LogP contribution >= 0.6 is 0 Å². The number of rotatable bonds is 6. The Balaban J connectivity index is 2.19.